The Kier molecular flexibility index (Phi) is 9.21. The van der Waals surface area contributed by atoms with Crippen molar-refractivity contribution in [3.63, 3.8) is 0 Å². The Balaban J connectivity index is 2.28. The number of anilines is 1. The summed E-state index contributed by atoms with van der Waals surface area (Å²) in [5.41, 5.74) is 0.638. The normalized spacial score (nSPS) is 10.4. The smallest absolute Gasteiger partial charge is 0.315 e. The standard InChI is InChI=1S/C17H25NO4S/c1-4-21-15-8-6-5-7-14(15)18-16(19)11-23-12-17(20)22-10-9-13(2)3/h5-8,13H,4,9-12H2,1-3H3,(H,18,19). The first-order valence-corrected chi connectivity index (χ1v) is 8.93. The summed E-state index contributed by atoms with van der Waals surface area (Å²) in [5, 5.41) is 2.79. The number of para-hydroxylation sites is 2. The van der Waals surface area contributed by atoms with Crippen LogP contribution in [0.1, 0.15) is 27.2 Å². The van der Waals surface area contributed by atoms with Crippen molar-refractivity contribution >= 4 is 29.3 Å². The van der Waals surface area contributed by atoms with Crippen LogP contribution >= 0.6 is 11.8 Å². The van der Waals surface area contributed by atoms with Crippen molar-refractivity contribution in [1.82, 2.24) is 0 Å². The lowest BCUT2D eigenvalue weighted by Gasteiger charge is -2.11. The van der Waals surface area contributed by atoms with Gasteiger partial charge in [0.05, 0.1) is 30.4 Å². The van der Waals surface area contributed by atoms with Crippen molar-refractivity contribution in [3.8, 4) is 5.75 Å². The Morgan fingerprint density at radius 2 is 1.96 bits per heavy atom. The van der Waals surface area contributed by atoms with Crippen LogP contribution in [-0.4, -0.2) is 36.6 Å². The second-order valence-electron chi connectivity index (χ2n) is 5.37. The Labute approximate surface area is 142 Å². The Morgan fingerprint density at radius 3 is 2.65 bits per heavy atom. The SMILES string of the molecule is CCOc1ccccc1NC(=O)CSCC(=O)OCCC(C)C. The Hall–Kier alpha value is -1.69. The zero-order valence-electron chi connectivity index (χ0n) is 14.0. The third-order valence-electron chi connectivity index (χ3n) is 2.87. The maximum atomic E-state index is 11.9. The van der Waals surface area contributed by atoms with E-state index in [0.29, 0.717) is 30.6 Å². The number of hydrogen-bond acceptors (Lipinski definition) is 5. The minimum Gasteiger partial charge on any atom is -0.492 e. The van der Waals surface area contributed by atoms with Crippen LogP contribution in [0.15, 0.2) is 24.3 Å². The molecule has 0 fully saturated rings. The van der Waals surface area contributed by atoms with E-state index in [9.17, 15) is 9.59 Å². The summed E-state index contributed by atoms with van der Waals surface area (Å²) in [6, 6.07) is 7.27. The molecule has 23 heavy (non-hydrogen) atoms. The van der Waals surface area contributed by atoms with Crippen molar-refractivity contribution in [1.29, 1.82) is 0 Å². The summed E-state index contributed by atoms with van der Waals surface area (Å²) in [7, 11) is 0. The summed E-state index contributed by atoms with van der Waals surface area (Å²) in [4.78, 5) is 23.4. The van der Waals surface area contributed by atoms with Gasteiger partial charge in [0.25, 0.3) is 0 Å². The van der Waals surface area contributed by atoms with Crippen molar-refractivity contribution in [2.45, 2.75) is 27.2 Å². The number of esters is 1. The summed E-state index contributed by atoms with van der Waals surface area (Å²) in [6.45, 7) is 7.01. The average Bonchev–Trinajstić information content (AvgIpc) is 2.49. The third-order valence-corrected chi connectivity index (χ3v) is 3.78. The number of ether oxygens (including phenoxy) is 2. The van der Waals surface area contributed by atoms with Gasteiger partial charge in [-0.2, -0.15) is 0 Å². The fourth-order valence-corrected chi connectivity index (χ4v) is 2.32. The van der Waals surface area contributed by atoms with Crippen LogP contribution in [0.5, 0.6) is 5.75 Å². The number of benzene rings is 1. The molecule has 0 radical (unpaired) electrons. The molecule has 0 spiro atoms. The van der Waals surface area contributed by atoms with Gasteiger partial charge in [-0.1, -0.05) is 26.0 Å². The number of nitrogens with one attached hydrogen (secondary N) is 1. The highest BCUT2D eigenvalue weighted by atomic mass is 32.2. The van der Waals surface area contributed by atoms with Gasteiger partial charge < -0.3 is 14.8 Å². The molecule has 0 heterocycles. The number of carbonyl (C=O) groups is 2. The zero-order valence-corrected chi connectivity index (χ0v) is 14.8. The first-order valence-electron chi connectivity index (χ1n) is 7.78. The minimum atomic E-state index is -0.279. The van der Waals surface area contributed by atoms with Crippen molar-refractivity contribution in [2.24, 2.45) is 5.92 Å². The average molecular weight is 339 g/mol. The van der Waals surface area contributed by atoms with Crippen LogP contribution in [-0.2, 0) is 14.3 Å². The highest BCUT2D eigenvalue weighted by molar-refractivity contribution is 8.00. The van der Waals surface area contributed by atoms with Crippen LogP contribution in [0.2, 0.25) is 0 Å². The van der Waals surface area contributed by atoms with Gasteiger partial charge in [0.2, 0.25) is 5.91 Å². The second-order valence-corrected chi connectivity index (χ2v) is 6.36. The van der Waals surface area contributed by atoms with Gasteiger partial charge in [0, 0.05) is 0 Å². The summed E-state index contributed by atoms with van der Waals surface area (Å²) < 4.78 is 10.5. The first kappa shape index (κ1) is 19.4. The monoisotopic (exact) mass is 339 g/mol. The molecule has 1 amide bonds. The summed E-state index contributed by atoms with van der Waals surface area (Å²) in [5.74, 6) is 1.07. The lowest BCUT2D eigenvalue weighted by molar-refractivity contribution is -0.140. The molecule has 6 heteroatoms. The highest BCUT2D eigenvalue weighted by Crippen LogP contribution is 2.23. The number of carbonyl (C=O) groups excluding carboxylic acids is 2. The van der Waals surface area contributed by atoms with Crippen LogP contribution in [0, 0.1) is 5.92 Å². The van der Waals surface area contributed by atoms with Crippen molar-refractivity contribution in [2.75, 3.05) is 30.0 Å². The van der Waals surface area contributed by atoms with Gasteiger partial charge in [-0.05, 0) is 31.4 Å². The molecule has 1 aromatic carbocycles. The van der Waals surface area contributed by atoms with Crippen LogP contribution in [0.4, 0.5) is 5.69 Å². The van der Waals surface area contributed by atoms with Gasteiger partial charge in [0.1, 0.15) is 5.75 Å². The van der Waals surface area contributed by atoms with Crippen molar-refractivity contribution in [3.05, 3.63) is 24.3 Å². The van der Waals surface area contributed by atoms with E-state index in [0.717, 1.165) is 6.42 Å². The minimum absolute atomic E-state index is 0.169. The molecular formula is C17H25NO4S. The molecule has 5 nitrogen and oxygen atoms in total. The van der Waals surface area contributed by atoms with E-state index in [1.54, 1.807) is 12.1 Å². The zero-order chi connectivity index (χ0) is 17.1. The number of amides is 1. The van der Waals surface area contributed by atoms with Gasteiger partial charge in [-0.15, -0.1) is 11.8 Å². The molecule has 0 aliphatic carbocycles. The van der Waals surface area contributed by atoms with E-state index in [2.05, 4.69) is 19.2 Å². The molecule has 0 bridgehead atoms. The van der Waals surface area contributed by atoms with E-state index >= 15 is 0 Å². The van der Waals surface area contributed by atoms with Crippen LogP contribution in [0.3, 0.4) is 0 Å². The number of thioether (sulfide) groups is 1. The molecule has 128 valence electrons. The van der Waals surface area contributed by atoms with E-state index in [1.807, 2.05) is 19.1 Å². The van der Waals surface area contributed by atoms with Gasteiger partial charge in [0.15, 0.2) is 0 Å². The second kappa shape index (κ2) is 10.9. The Morgan fingerprint density at radius 1 is 1.22 bits per heavy atom. The largest absolute Gasteiger partial charge is 0.492 e. The molecule has 0 aliphatic heterocycles. The fraction of sp³-hybridized carbons (Fsp3) is 0.529. The molecular weight excluding hydrogens is 314 g/mol. The molecule has 0 saturated heterocycles. The molecule has 0 saturated carbocycles. The van der Waals surface area contributed by atoms with E-state index in [4.69, 9.17) is 9.47 Å². The Bertz CT molecular complexity index is 505. The molecule has 1 rings (SSSR count). The van der Waals surface area contributed by atoms with Gasteiger partial charge in [-0.25, -0.2) is 0 Å². The quantitative estimate of drug-likeness (QED) is 0.662. The number of rotatable bonds is 10. The summed E-state index contributed by atoms with van der Waals surface area (Å²) >= 11 is 1.24. The van der Waals surface area contributed by atoms with E-state index in [-0.39, 0.29) is 23.4 Å². The highest BCUT2D eigenvalue weighted by Gasteiger charge is 2.09. The first-order chi connectivity index (χ1) is 11.0. The van der Waals surface area contributed by atoms with Gasteiger partial charge >= 0.3 is 5.97 Å². The molecule has 1 N–H and O–H groups in total. The third kappa shape index (κ3) is 8.50. The topological polar surface area (TPSA) is 64.6 Å². The number of hydrogen-bond donors (Lipinski definition) is 1. The molecule has 0 aliphatic rings. The predicted octanol–water partition coefficient (Wildman–Crippen LogP) is 3.35. The van der Waals surface area contributed by atoms with Crippen LogP contribution in [0.25, 0.3) is 0 Å². The van der Waals surface area contributed by atoms with Gasteiger partial charge in [-0.3, -0.25) is 9.59 Å². The summed E-state index contributed by atoms with van der Waals surface area (Å²) in [6.07, 6.45) is 0.852. The van der Waals surface area contributed by atoms with E-state index in [1.165, 1.54) is 11.8 Å². The molecule has 0 aromatic heterocycles. The predicted molar refractivity (Wildman–Crippen MR) is 94.0 cm³/mol. The fourth-order valence-electron chi connectivity index (χ4n) is 1.71. The lowest BCUT2D eigenvalue weighted by Crippen LogP contribution is -2.17. The molecule has 1 aromatic rings. The molecule has 0 atom stereocenters. The maximum absolute atomic E-state index is 11.9. The van der Waals surface area contributed by atoms with Crippen LogP contribution < -0.4 is 10.1 Å². The molecule has 0 unspecified atom stereocenters. The van der Waals surface area contributed by atoms with E-state index < -0.39 is 0 Å². The maximum Gasteiger partial charge on any atom is 0.315 e. The lowest BCUT2D eigenvalue weighted by atomic mass is 10.1. The van der Waals surface area contributed by atoms with Crippen molar-refractivity contribution < 1.29 is 19.1 Å².